The zero-order chi connectivity index (χ0) is 18.5. The zero-order valence-electron chi connectivity index (χ0n) is 13.7. The number of nitrogens with one attached hydrogen (secondary N) is 2. The van der Waals surface area contributed by atoms with Crippen LogP contribution in [0, 0.1) is 0 Å². The highest BCUT2D eigenvalue weighted by Crippen LogP contribution is 2.25. The largest absolute Gasteiger partial charge is 0.481 e. The van der Waals surface area contributed by atoms with Gasteiger partial charge in [-0.05, 0) is 39.3 Å². The molecule has 1 atom stereocenters. The van der Waals surface area contributed by atoms with Crippen molar-refractivity contribution in [3.63, 3.8) is 0 Å². The van der Waals surface area contributed by atoms with Crippen molar-refractivity contribution in [3.8, 4) is 0 Å². The third-order valence-electron chi connectivity index (χ3n) is 3.36. The van der Waals surface area contributed by atoms with Crippen LogP contribution in [-0.4, -0.2) is 34.5 Å². The van der Waals surface area contributed by atoms with E-state index in [1.807, 2.05) is 0 Å². The van der Waals surface area contributed by atoms with Gasteiger partial charge in [0.1, 0.15) is 6.04 Å². The Kier molecular flexibility index (Phi) is 7.05. The van der Waals surface area contributed by atoms with Gasteiger partial charge in [-0.15, -0.1) is 0 Å². The molecule has 1 aromatic rings. The monoisotopic (exact) mass is 374 g/mol. The maximum atomic E-state index is 12.2. The molecule has 0 radical (unpaired) electrons. The van der Waals surface area contributed by atoms with Crippen LogP contribution in [0.15, 0.2) is 18.2 Å². The van der Waals surface area contributed by atoms with Crippen molar-refractivity contribution in [1.82, 2.24) is 10.6 Å². The lowest BCUT2D eigenvalue weighted by Crippen LogP contribution is -2.52. The molecule has 3 N–H and O–H groups in total. The number of carboxylic acids is 1. The van der Waals surface area contributed by atoms with Crippen LogP contribution in [0.2, 0.25) is 10.0 Å². The smallest absolute Gasteiger partial charge is 0.303 e. The van der Waals surface area contributed by atoms with Gasteiger partial charge in [-0.1, -0.05) is 29.3 Å². The van der Waals surface area contributed by atoms with Crippen molar-refractivity contribution in [3.05, 3.63) is 33.8 Å². The quantitative estimate of drug-likeness (QED) is 0.683. The lowest BCUT2D eigenvalue weighted by atomic mass is 9.98. The molecule has 1 rings (SSSR count). The first-order valence-electron chi connectivity index (χ1n) is 7.32. The predicted octanol–water partition coefficient (Wildman–Crippen LogP) is 2.87. The van der Waals surface area contributed by atoms with Crippen molar-refractivity contribution >= 4 is 41.0 Å². The highest BCUT2D eigenvalue weighted by atomic mass is 35.5. The fourth-order valence-corrected chi connectivity index (χ4v) is 2.33. The van der Waals surface area contributed by atoms with Crippen LogP contribution >= 0.6 is 23.2 Å². The summed E-state index contributed by atoms with van der Waals surface area (Å²) in [5.74, 6) is -1.88. The molecular weight excluding hydrogens is 355 g/mol. The zero-order valence-corrected chi connectivity index (χ0v) is 15.2. The standard InChI is InChI=1S/C16H20Cl2N2O4/c1-9(14(23)20-16(2,3)8-7-12(21)22)19-15(24)10-5-4-6-11(17)13(10)18/h4-6,9H,7-8H2,1-3H3,(H,19,24)(H,20,23)(H,21,22). The van der Waals surface area contributed by atoms with Gasteiger partial charge >= 0.3 is 5.97 Å². The maximum Gasteiger partial charge on any atom is 0.303 e. The van der Waals surface area contributed by atoms with E-state index in [-0.39, 0.29) is 28.5 Å². The van der Waals surface area contributed by atoms with E-state index in [4.69, 9.17) is 28.3 Å². The van der Waals surface area contributed by atoms with Gasteiger partial charge in [0.2, 0.25) is 5.91 Å². The van der Waals surface area contributed by atoms with E-state index in [1.165, 1.54) is 13.0 Å². The highest BCUT2D eigenvalue weighted by molar-refractivity contribution is 6.43. The Labute approximate surface area is 150 Å². The third kappa shape index (κ3) is 6.02. The molecule has 0 aromatic heterocycles. The highest BCUT2D eigenvalue weighted by Gasteiger charge is 2.25. The summed E-state index contributed by atoms with van der Waals surface area (Å²) in [4.78, 5) is 35.0. The molecule has 0 fully saturated rings. The molecule has 1 unspecified atom stereocenters. The second kappa shape index (κ2) is 8.35. The summed E-state index contributed by atoms with van der Waals surface area (Å²) in [6, 6.07) is 3.83. The summed E-state index contributed by atoms with van der Waals surface area (Å²) < 4.78 is 0. The molecule has 2 amide bonds. The van der Waals surface area contributed by atoms with Crippen LogP contribution in [0.4, 0.5) is 0 Å². The molecule has 0 bridgehead atoms. The third-order valence-corrected chi connectivity index (χ3v) is 4.18. The minimum absolute atomic E-state index is 0.0634. The van der Waals surface area contributed by atoms with Gasteiger partial charge in [0.05, 0.1) is 15.6 Å². The average Bonchev–Trinajstić information content (AvgIpc) is 2.47. The molecule has 8 heteroatoms. The topological polar surface area (TPSA) is 95.5 Å². The molecule has 0 heterocycles. The van der Waals surface area contributed by atoms with E-state index in [1.54, 1.807) is 26.0 Å². The number of amides is 2. The number of hydrogen-bond acceptors (Lipinski definition) is 3. The molecule has 0 aliphatic rings. The maximum absolute atomic E-state index is 12.2. The van der Waals surface area contributed by atoms with Gasteiger partial charge in [-0.3, -0.25) is 14.4 Å². The summed E-state index contributed by atoms with van der Waals surface area (Å²) >= 11 is 11.8. The van der Waals surface area contributed by atoms with Crippen LogP contribution < -0.4 is 10.6 Å². The Balaban J connectivity index is 2.68. The Morgan fingerprint density at radius 2 is 1.88 bits per heavy atom. The number of halogens is 2. The lowest BCUT2D eigenvalue weighted by molar-refractivity contribution is -0.137. The van der Waals surface area contributed by atoms with E-state index in [0.717, 1.165) is 0 Å². The molecule has 1 aromatic carbocycles. The van der Waals surface area contributed by atoms with Crippen LogP contribution in [0.1, 0.15) is 44.0 Å². The molecule has 0 spiro atoms. The number of carbonyl (C=O) groups is 3. The molecule has 24 heavy (non-hydrogen) atoms. The number of benzene rings is 1. The van der Waals surface area contributed by atoms with Gasteiger partial charge in [-0.2, -0.15) is 0 Å². The second-order valence-corrected chi connectivity index (χ2v) is 6.85. The first-order chi connectivity index (χ1) is 11.0. The van der Waals surface area contributed by atoms with Gasteiger partial charge < -0.3 is 15.7 Å². The Morgan fingerprint density at radius 1 is 1.25 bits per heavy atom. The molecular formula is C16H20Cl2N2O4. The van der Waals surface area contributed by atoms with Gasteiger partial charge in [0, 0.05) is 12.0 Å². The lowest BCUT2D eigenvalue weighted by Gasteiger charge is -2.27. The van der Waals surface area contributed by atoms with Gasteiger partial charge in [0.25, 0.3) is 5.91 Å². The molecule has 0 saturated heterocycles. The molecule has 0 aliphatic carbocycles. The van der Waals surface area contributed by atoms with E-state index >= 15 is 0 Å². The number of carboxylic acid groups (broad SMARTS) is 1. The Morgan fingerprint density at radius 3 is 2.46 bits per heavy atom. The van der Waals surface area contributed by atoms with Crippen LogP contribution in [0.3, 0.4) is 0 Å². The van der Waals surface area contributed by atoms with Gasteiger partial charge in [-0.25, -0.2) is 0 Å². The Bertz CT molecular complexity index is 647. The van der Waals surface area contributed by atoms with Crippen LogP contribution in [0.5, 0.6) is 0 Å². The number of aliphatic carboxylic acids is 1. The number of hydrogen-bond donors (Lipinski definition) is 3. The summed E-state index contributed by atoms with van der Waals surface area (Å²) in [7, 11) is 0. The van der Waals surface area contributed by atoms with Crippen molar-refractivity contribution in [2.75, 3.05) is 0 Å². The first-order valence-corrected chi connectivity index (χ1v) is 8.08. The fourth-order valence-electron chi connectivity index (χ4n) is 1.94. The SMILES string of the molecule is CC(NC(=O)c1cccc(Cl)c1Cl)C(=O)NC(C)(C)CCC(=O)O. The van der Waals surface area contributed by atoms with Crippen molar-refractivity contribution < 1.29 is 19.5 Å². The van der Waals surface area contributed by atoms with Crippen LogP contribution in [0.25, 0.3) is 0 Å². The normalized spacial score (nSPS) is 12.4. The van der Waals surface area contributed by atoms with Crippen molar-refractivity contribution in [1.29, 1.82) is 0 Å². The molecule has 6 nitrogen and oxygen atoms in total. The van der Waals surface area contributed by atoms with Crippen molar-refractivity contribution in [2.45, 2.75) is 45.2 Å². The predicted molar refractivity (Wildman–Crippen MR) is 92.5 cm³/mol. The minimum atomic E-state index is -0.936. The first kappa shape index (κ1) is 20.3. The summed E-state index contributed by atoms with van der Waals surface area (Å²) in [5, 5.41) is 14.3. The fraction of sp³-hybridized carbons (Fsp3) is 0.438. The average molecular weight is 375 g/mol. The van der Waals surface area contributed by atoms with Gasteiger partial charge in [0.15, 0.2) is 0 Å². The second-order valence-electron chi connectivity index (χ2n) is 6.06. The van der Waals surface area contributed by atoms with E-state index in [2.05, 4.69) is 10.6 Å². The van der Waals surface area contributed by atoms with E-state index < -0.39 is 29.4 Å². The summed E-state index contributed by atoms with van der Waals surface area (Å²) in [5.41, 5.74) is -0.531. The molecule has 132 valence electrons. The summed E-state index contributed by atoms with van der Waals surface area (Å²) in [6.07, 6.45) is 0.209. The van der Waals surface area contributed by atoms with E-state index in [0.29, 0.717) is 0 Å². The summed E-state index contributed by atoms with van der Waals surface area (Å²) in [6.45, 7) is 4.96. The van der Waals surface area contributed by atoms with Crippen molar-refractivity contribution in [2.24, 2.45) is 0 Å². The van der Waals surface area contributed by atoms with Crippen LogP contribution in [-0.2, 0) is 9.59 Å². The Hall–Kier alpha value is -1.79. The number of carbonyl (C=O) groups excluding carboxylic acids is 2. The molecule has 0 saturated carbocycles. The molecule has 0 aliphatic heterocycles. The van der Waals surface area contributed by atoms with E-state index in [9.17, 15) is 14.4 Å². The number of rotatable bonds is 7. The minimum Gasteiger partial charge on any atom is -0.481 e.